The van der Waals surface area contributed by atoms with Crippen LogP contribution in [0.1, 0.15) is 17.4 Å². The molecular formula is C27H20BrN3O5S. The number of thiophene rings is 1. The van der Waals surface area contributed by atoms with E-state index in [0.717, 1.165) is 31.3 Å². The number of aromatic nitrogens is 2. The summed E-state index contributed by atoms with van der Waals surface area (Å²) in [7, 11) is 0. The maximum absolute atomic E-state index is 13.5. The van der Waals surface area contributed by atoms with Crippen molar-refractivity contribution in [3.63, 3.8) is 0 Å². The Balaban J connectivity index is 1.49. The summed E-state index contributed by atoms with van der Waals surface area (Å²) in [6.45, 7) is 1.58. The molecule has 37 heavy (non-hydrogen) atoms. The first-order valence-corrected chi connectivity index (χ1v) is 13.0. The van der Waals surface area contributed by atoms with Crippen molar-refractivity contribution in [2.45, 2.75) is 6.92 Å². The third kappa shape index (κ3) is 4.98. The van der Waals surface area contributed by atoms with Crippen molar-refractivity contribution in [3.8, 4) is 11.4 Å². The molecule has 0 fully saturated rings. The van der Waals surface area contributed by atoms with E-state index >= 15 is 0 Å². The smallest absolute Gasteiger partial charge is 0.359 e. The highest BCUT2D eigenvalue weighted by atomic mass is 79.9. The first-order chi connectivity index (χ1) is 18.0. The SMILES string of the molecule is CCOC(=O)c1nn(-c2ccc(Br)cc2)c(=O)c2c(NC(=O)COc3cccc4ccccc34)scc12. The van der Waals surface area contributed by atoms with Crippen LogP contribution >= 0.6 is 27.3 Å². The zero-order valence-corrected chi connectivity index (χ0v) is 22.0. The highest BCUT2D eigenvalue weighted by molar-refractivity contribution is 9.10. The molecule has 0 spiro atoms. The number of amides is 1. The molecule has 0 aliphatic carbocycles. The van der Waals surface area contributed by atoms with Crippen LogP contribution in [0.2, 0.25) is 0 Å². The number of nitrogens with zero attached hydrogens (tertiary/aromatic N) is 2. The Morgan fingerprint density at radius 3 is 2.57 bits per heavy atom. The van der Waals surface area contributed by atoms with Gasteiger partial charge in [0.2, 0.25) is 0 Å². The molecule has 0 radical (unpaired) electrons. The molecule has 2 heterocycles. The summed E-state index contributed by atoms with van der Waals surface area (Å²) in [5, 5.41) is 11.3. The number of ether oxygens (including phenoxy) is 2. The summed E-state index contributed by atoms with van der Waals surface area (Å²) >= 11 is 4.50. The quantitative estimate of drug-likeness (QED) is 0.254. The van der Waals surface area contributed by atoms with Crippen molar-refractivity contribution in [2.75, 3.05) is 18.5 Å². The van der Waals surface area contributed by atoms with E-state index < -0.39 is 17.4 Å². The Bertz CT molecular complexity index is 1690. The molecule has 1 amide bonds. The van der Waals surface area contributed by atoms with Crippen molar-refractivity contribution in [2.24, 2.45) is 0 Å². The predicted molar refractivity (Wildman–Crippen MR) is 147 cm³/mol. The van der Waals surface area contributed by atoms with Gasteiger partial charge in [0.15, 0.2) is 12.3 Å². The largest absolute Gasteiger partial charge is 0.483 e. The number of rotatable bonds is 7. The van der Waals surface area contributed by atoms with Crippen molar-refractivity contribution in [1.29, 1.82) is 0 Å². The number of benzene rings is 3. The van der Waals surface area contributed by atoms with Crippen molar-refractivity contribution >= 4 is 65.7 Å². The van der Waals surface area contributed by atoms with Crippen molar-refractivity contribution in [1.82, 2.24) is 9.78 Å². The molecule has 10 heteroatoms. The van der Waals surface area contributed by atoms with Crippen LogP contribution < -0.4 is 15.6 Å². The molecule has 1 N–H and O–H groups in total. The number of fused-ring (bicyclic) bond motifs is 2. The van der Waals surface area contributed by atoms with Crippen LogP contribution in [0.15, 0.2) is 81.4 Å². The van der Waals surface area contributed by atoms with E-state index in [1.807, 2.05) is 36.4 Å². The van der Waals surface area contributed by atoms with E-state index in [-0.39, 0.29) is 24.3 Å². The van der Waals surface area contributed by atoms with E-state index in [2.05, 4.69) is 26.3 Å². The molecule has 2 aromatic heterocycles. The van der Waals surface area contributed by atoms with Gasteiger partial charge in [-0.1, -0.05) is 52.3 Å². The van der Waals surface area contributed by atoms with Crippen LogP contribution in [0.4, 0.5) is 5.00 Å². The second kappa shape index (κ2) is 10.5. The molecular weight excluding hydrogens is 558 g/mol. The fourth-order valence-electron chi connectivity index (χ4n) is 3.88. The Hall–Kier alpha value is -4.02. The lowest BCUT2D eigenvalue weighted by Crippen LogP contribution is -2.26. The van der Waals surface area contributed by atoms with E-state index in [4.69, 9.17) is 9.47 Å². The number of hydrogen-bond acceptors (Lipinski definition) is 7. The molecule has 0 atom stereocenters. The van der Waals surface area contributed by atoms with E-state index in [1.54, 1.807) is 42.6 Å². The summed E-state index contributed by atoms with van der Waals surface area (Å²) in [4.78, 5) is 39.0. The lowest BCUT2D eigenvalue weighted by molar-refractivity contribution is -0.118. The van der Waals surface area contributed by atoms with Crippen LogP contribution in [0.5, 0.6) is 5.75 Å². The minimum atomic E-state index is -0.659. The monoisotopic (exact) mass is 577 g/mol. The van der Waals surface area contributed by atoms with E-state index in [0.29, 0.717) is 21.8 Å². The Morgan fingerprint density at radius 2 is 1.78 bits per heavy atom. The number of hydrogen-bond donors (Lipinski definition) is 1. The fourth-order valence-corrected chi connectivity index (χ4v) is 5.09. The third-order valence-corrected chi connectivity index (χ3v) is 6.98. The van der Waals surface area contributed by atoms with Crippen LogP contribution in [0, 0.1) is 0 Å². The van der Waals surface area contributed by atoms with Gasteiger partial charge in [0.25, 0.3) is 11.5 Å². The van der Waals surface area contributed by atoms with Crippen LogP contribution in [-0.4, -0.2) is 34.9 Å². The summed E-state index contributed by atoms with van der Waals surface area (Å²) < 4.78 is 12.9. The second-order valence-corrected chi connectivity index (χ2v) is 9.73. The molecule has 8 nitrogen and oxygen atoms in total. The summed E-state index contributed by atoms with van der Waals surface area (Å²) in [5.41, 5.74) is -0.0246. The summed E-state index contributed by atoms with van der Waals surface area (Å²) in [6, 6.07) is 20.3. The van der Waals surface area contributed by atoms with Crippen LogP contribution in [0.3, 0.4) is 0 Å². The number of carbonyl (C=O) groups excluding carboxylic acids is 2. The van der Waals surface area contributed by atoms with Gasteiger partial charge >= 0.3 is 5.97 Å². The van der Waals surface area contributed by atoms with Crippen molar-refractivity contribution < 1.29 is 19.1 Å². The van der Waals surface area contributed by atoms with E-state index in [1.165, 1.54) is 0 Å². The van der Waals surface area contributed by atoms with Gasteiger partial charge in [-0.3, -0.25) is 9.59 Å². The number of esters is 1. The lowest BCUT2D eigenvalue weighted by Gasteiger charge is -2.11. The van der Waals surface area contributed by atoms with Crippen molar-refractivity contribution in [3.05, 3.63) is 92.6 Å². The molecule has 0 saturated heterocycles. The first kappa shape index (κ1) is 24.7. The standard InChI is InChI=1S/C27H20BrN3O5S/c1-2-35-27(34)24-20-15-37-25(23(20)26(33)31(30-24)18-12-10-17(28)11-13-18)29-22(32)14-36-21-9-5-7-16-6-3-4-8-19(16)21/h3-13,15H,2,14H2,1H3,(H,29,32). The molecule has 0 saturated carbocycles. The summed E-state index contributed by atoms with van der Waals surface area (Å²) in [6.07, 6.45) is 0. The molecule has 0 bridgehead atoms. The molecule has 0 aliphatic heterocycles. The highest BCUT2D eigenvalue weighted by Gasteiger charge is 2.23. The number of nitrogens with one attached hydrogen (secondary N) is 1. The molecule has 186 valence electrons. The zero-order chi connectivity index (χ0) is 25.9. The van der Waals surface area contributed by atoms with Crippen LogP contribution in [0.25, 0.3) is 27.2 Å². The lowest BCUT2D eigenvalue weighted by atomic mass is 10.1. The molecule has 0 aliphatic rings. The maximum Gasteiger partial charge on any atom is 0.359 e. The van der Waals surface area contributed by atoms with Gasteiger partial charge in [0.1, 0.15) is 10.8 Å². The average Bonchev–Trinajstić information content (AvgIpc) is 3.32. The van der Waals surface area contributed by atoms with Gasteiger partial charge in [-0.15, -0.1) is 11.3 Å². The van der Waals surface area contributed by atoms with Gasteiger partial charge in [0, 0.05) is 20.6 Å². The second-order valence-electron chi connectivity index (χ2n) is 7.93. The normalized spacial score (nSPS) is 11.0. The molecule has 5 rings (SSSR count). The fraction of sp³-hybridized carbons (Fsp3) is 0.111. The Labute approximate surface area is 223 Å². The molecule has 3 aromatic carbocycles. The third-order valence-electron chi connectivity index (χ3n) is 5.55. The summed E-state index contributed by atoms with van der Waals surface area (Å²) in [5.74, 6) is -0.523. The highest BCUT2D eigenvalue weighted by Crippen LogP contribution is 2.31. The number of anilines is 1. The van der Waals surface area contributed by atoms with Gasteiger partial charge in [-0.2, -0.15) is 9.78 Å². The molecule has 0 unspecified atom stereocenters. The Morgan fingerprint density at radius 1 is 1.03 bits per heavy atom. The predicted octanol–water partition coefficient (Wildman–Crippen LogP) is 5.56. The van der Waals surface area contributed by atoms with Crippen LogP contribution in [-0.2, 0) is 9.53 Å². The minimum Gasteiger partial charge on any atom is -0.483 e. The van der Waals surface area contributed by atoms with Gasteiger partial charge in [-0.05, 0) is 42.6 Å². The Kier molecular flexibility index (Phi) is 7.02. The number of carbonyl (C=O) groups is 2. The van der Waals surface area contributed by atoms with Gasteiger partial charge in [-0.25, -0.2) is 4.79 Å². The van der Waals surface area contributed by atoms with E-state index in [9.17, 15) is 14.4 Å². The number of halogens is 1. The molecule has 5 aromatic rings. The topological polar surface area (TPSA) is 99.5 Å². The zero-order valence-electron chi connectivity index (χ0n) is 19.6. The van der Waals surface area contributed by atoms with Gasteiger partial charge in [0.05, 0.1) is 17.7 Å². The average molecular weight is 578 g/mol. The maximum atomic E-state index is 13.5. The first-order valence-electron chi connectivity index (χ1n) is 11.3. The minimum absolute atomic E-state index is 0.0110. The van der Waals surface area contributed by atoms with Gasteiger partial charge < -0.3 is 14.8 Å².